The number of esters is 1. The van der Waals surface area contributed by atoms with E-state index < -0.39 is 18.1 Å². The van der Waals surface area contributed by atoms with E-state index in [0.29, 0.717) is 46.5 Å². The van der Waals surface area contributed by atoms with Crippen molar-refractivity contribution in [3.63, 3.8) is 0 Å². The topological polar surface area (TPSA) is 137 Å². The lowest BCUT2D eigenvalue weighted by atomic mass is 10.1. The number of fused-ring (bicyclic) bond motifs is 1. The van der Waals surface area contributed by atoms with E-state index >= 15 is 0 Å². The molecule has 3 N–H and O–H groups in total. The Bertz CT molecular complexity index is 1210. The Morgan fingerprint density at radius 3 is 2.56 bits per heavy atom. The maximum atomic E-state index is 13.1. The molecule has 2 atom stereocenters. The van der Waals surface area contributed by atoms with Crippen molar-refractivity contribution < 1.29 is 28.2 Å². The number of nitrogens with zero attached hydrogens (tertiary/aromatic N) is 3. The Hall–Kier alpha value is -3.12. The molecule has 2 amide bonds. The first-order valence-corrected chi connectivity index (χ1v) is 15.7. The number of nitrogens with one attached hydrogen (secondary N) is 1. The number of benzene rings is 1. The first-order chi connectivity index (χ1) is 20.7. The molecule has 3 rings (SSSR count). The van der Waals surface area contributed by atoms with Gasteiger partial charge >= 0.3 is 5.97 Å². The Labute approximate surface area is 263 Å². The number of carbonyl (C=O) groups excluding carboxylic acids is 3. The maximum absolute atomic E-state index is 13.1. The van der Waals surface area contributed by atoms with E-state index in [-0.39, 0.29) is 30.8 Å². The van der Waals surface area contributed by atoms with E-state index in [1.165, 1.54) is 30.6 Å². The number of amides is 2. The highest BCUT2D eigenvalue weighted by atomic mass is 79.9. The molecule has 2 unspecified atom stereocenters. The fraction of sp³-hybridized carbons (Fsp3) is 0.581. The predicted octanol–water partition coefficient (Wildman–Crippen LogP) is 5.39. The largest absolute Gasteiger partial charge is 0.480 e. The van der Waals surface area contributed by atoms with Gasteiger partial charge in [-0.15, -0.1) is 0 Å². The van der Waals surface area contributed by atoms with Crippen LogP contribution in [0.25, 0.3) is 11.0 Å². The molecule has 2 aromatic rings. The molecule has 240 valence electrons. The van der Waals surface area contributed by atoms with Crippen molar-refractivity contribution in [3.8, 4) is 5.88 Å². The molecule has 1 aromatic carbocycles. The summed E-state index contributed by atoms with van der Waals surface area (Å²) in [6, 6.07) is 1.40. The van der Waals surface area contributed by atoms with Gasteiger partial charge in [-0.3, -0.25) is 9.59 Å². The zero-order chi connectivity index (χ0) is 32.4. The number of aromatic nitrogens is 2. The van der Waals surface area contributed by atoms with Crippen LogP contribution in [0.5, 0.6) is 5.88 Å². The lowest BCUT2D eigenvalue weighted by Crippen LogP contribution is -2.52. The normalized spacial score (nSPS) is 14.8. The molecule has 10 nitrogen and oxygen atoms in total. The second-order valence-electron chi connectivity index (χ2n) is 9.54. The van der Waals surface area contributed by atoms with E-state index in [1.54, 1.807) is 13.8 Å². The van der Waals surface area contributed by atoms with Crippen LogP contribution < -0.4 is 15.8 Å². The lowest BCUT2D eigenvalue weighted by Gasteiger charge is -2.25. The van der Waals surface area contributed by atoms with Gasteiger partial charge in [0, 0.05) is 17.1 Å². The van der Waals surface area contributed by atoms with E-state index in [4.69, 9.17) is 15.2 Å². The van der Waals surface area contributed by atoms with Crippen LogP contribution >= 0.6 is 15.9 Å². The zero-order valence-corrected chi connectivity index (χ0v) is 27.8. The van der Waals surface area contributed by atoms with Crippen molar-refractivity contribution in [2.75, 3.05) is 26.8 Å². The van der Waals surface area contributed by atoms with Crippen LogP contribution in [0.4, 0.5) is 4.39 Å². The summed E-state index contributed by atoms with van der Waals surface area (Å²) in [5.74, 6) is -0.948. The first kappa shape index (κ1) is 37.9. The number of likely N-dealkylation sites (tertiary alicyclic amines) is 1. The van der Waals surface area contributed by atoms with Gasteiger partial charge in [0.2, 0.25) is 17.7 Å². The minimum Gasteiger partial charge on any atom is -0.480 e. The fourth-order valence-electron chi connectivity index (χ4n) is 4.39. The molecule has 1 fully saturated rings. The van der Waals surface area contributed by atoms with E-state index in [1.807, 2.05) is 26.0 Å². The average Bonchev–Trinajstić information content (AvgIpc) is 3.50. The standard InChI is InChI=1S/C19H33N3O4.C10H8BrFN2O.C2H6/c1-3-5-6-7-8-9-11-15(19(25)26-4-2)21-18(24)16-12-10-13-22(16)17(23)14-20;1-5-10(15-2)14-8-4-6(12)3-7(11)9(8)13-5;1-2/h8-9,15-16H,3-7,10-14,20H2,1-2H3,(H,21,24);3-4H,1-2H3;1-2H3/b9-8-;;. The Kier molecular flexibility index (Phi) is 18.3. The van der Waals surface area contributed by atoms with Gasteiger partial charge in [0.25, 0.3) is 0 Å². The molecule has 0 spiro atoms. The molecule has 2 heterocycles. The lowest BCUT2D eigenvalue weighted by molar-refractivity contribution is -0.148. The third-order valence-corrected chi connectivity index (χ3v) is 7.07. The van der Waals surface area contributed by atoms with Crippen molar-refractivity contribution in [3.05, 3.63) is 40.3 Å². The number of ether oxygens (including phenoxy) is 2. The zero-order valence-electron chi connectivity index (χ0n) is 26.3. The maximum Gasteiger partial charge on any atom is 0.328 e. The minimum atomic E-state index is -0.736. The number of nitrogens with two attached hydrogens (primary N) is 1. The SMILES string of the molecule is CC.CCCCC/C=C\CC(NC(=O)C1CCCN1C(=O)CN)C(=O)OCC.COc1nc2cc(F)cc(Br)c2nc1C. The predicted molar refractivity (Wildman–Crippen MR) is 170 cm³/mol. The van der Waals surface area contributed by atoms with Crippen molar-refractivity contribution >= 4 is 44.7 Å². The van der Waals surface area contributed by atoms with Crippen molar-refractivity contribution in [1.82, 2.24) is 20.2 Å². The average molecular weight is 669 g/mol. The number of aryl methyl sites for hydroxylation is 1. The summed E-state index contributed by atoms with van der Waals surface area (Å²) in [5, 5.41) is 2.76. The second kappa shape index (κ2) is 20.7. The summed E-state index contributed by atoms with van der Waals surface area (Å²) in [6.07, 6.45) is 10.1. The number of methoxy groups -OCH3 is 1. The van der Waals surface area contributed by atoms with Crippen molar-refractivity contribution in [1.29, 1.82) is 0 Å². The quantitative estimate of drug-likeness (QED) is 0.175. The van der Waals surface area contributed by atoms with E-state index in [2.05, 4.69) is 38.1 Å². The number of hydrogen-bond acceptors (Lipinski definition) is 8. The van der Waals surface area contributed by atoms with Gasteiger partial charge in [0.15, 0.2) is 0 Å². The van der Waals surface area contributed by atoms with Gasteiger partial charge in [-0.2, -0.15) is 0 Å². The first-order valence-electron chi connectivity index (χ1n) is 15.0. The summed E-state index contributed by atoms with van der Waals surface area (Å²) < 4.78 is 23.8. The summed E-state index contributed by atoms with van der Waals surface area (Å²) in [4.78, 5) is 46.6. The number of halogens is 2. The highest BCUT2D eigenvalue weighted by molar-refractivity contribution is 9.10. The minimum absolute atomic E-state index is 0.119. The molecule has 0 aliphatic carbocycles. The smallest absolute Gasteiger partial charge is 0.328 e. The summed E-state index contributed by atoms with van der Waals surface area (Å²) in [6.45, 7) is 10.3. The summed E-state index contributed by atoms with van der Waals surface area (Å²) >= 11 is 3.25. The molecular formula is C31H47BrFN5O5. The van der Waals surface area contributed by atoms with Crippen LogP contribution in [0.15, 0.2) is 28.8 Å². The number of unbranched alkanes of at least 4 members (excludes halogenated alkanes) is 3. The van der Waals surface area contributed by atoms with Crippen LogP contribution in [0.2, 0.25) is 0 Å². The molecule has 0 saturated carbocycles. The number of allylic oxidation sites excluding steroid dienone is 1. The van der Waals surface area contributed by atoms with E-state index in [0.717, 1.165) is 25.7 Å². The van der Waals surface area contributed by atoms with Gasteiger partial charge in [0.05, 0.1) is 25.8 Å². The molecule has 1 aliphatic rings. The third-order valence-electron chi connectivity index (χ3n) is 6.46. The molecular weight excluding hydrogens is 621 g/mol. The van der Waals surface area contributed by atoms with Crippen LogP contribution in [-0.2, 0) is 19.1 Å². The number of hydrogen-bond donors (Lipinski definition) is 2. The molecule has 0 bridgehead atoms. The second-order valence-corrected chi connectivity index (χ2v) is 10.4. The van der Waals surface area contributed by atoms with Crippen molar-refractivity contribution in [2.45, 2.75) is 91.6 Å². The van der Waals surface area contributed by atoms with Crippen LogP contribution in [0, 0.1) is 12.7 Å². The summed E-state index contributed by atoms with van der Waals surface area (Å²) in [7, 11) is 1.51. The highest BCUT2D eigenvalue weighted by Gasteiger charge is 2.35. The molecule has 43 heavy (non-hydrogen) atoms. The molecule has 0 radical (unpaired) electrons. The van der Waals surface area contributed by atoms with Gasteiger partial charge in [-0.1, -0.05) is 45.8 Å². The van der Waals surface area contributed by atoms with Gasteiger partial charge in [-0.25, -0.2) is 19.2 Å². The van der Waals surface area contributed by atoms with E-state index in [9.17, 15) is 18.8 Å². The fourth-order valence-corrected chi connectivity index (χ4v) is 4.90. The third kappa shape index (κ3) is 12.2. The van der Waals surface area contributed by atoms with Gasteiger partial charge < -0.3 is 25.4 Å². The molecule has 1 saturated heterocycles. The molecule has 12 heteroatoms. The van der Waals surface area contributed by atoms with Crippen LogP contribution in [-0.4, -0.2) is 71.5 Å². The van der Waals surface area contributed by atoms with Crippen LogP contribution in [0.1, 0.15) is 78.3 Å². The van der Waals surface area contributed by atoms with Gasteiger partial charge in [-0.05, 0) is 67.9 Å². The number of carbonyl (C=O) groups is 3. The Balaban J connectivity index is 0.000000457. The Morgan fingerprint density at radius 2 is 1.93 bits per heavy atom. The Morgan fingerprint density at radius 1 is 1.21 bits per heavy atom. The number of rotatable bonds is 12. The molecule has 1 aliphatic heterocycles. The van der Waals surface area contributed by atoms with Gasteiger partial charge in [0.1, 0.15) is 29.1 Å². The summed E-state index contributed by atoms with van der Waals surface area (Å²) in [5.41, 5.74) is 7.20. The molecule has 1 aromatic heterocycles. The van der Waals surface area contributed by atoms with Crippen molar-refractivity contribution in [2.24, 2.45) is 5.73 Å². The van der Waals surface area contributed by atoms with Crippen LogP contribution in [0.3, 0.4) is 0 Å². The monoisotopic (exact) mass is 667 g/mol. The highest BCUT2D eigenvalue weighted by Crippen LogP contribution is 2.25.